The van der Waals surface area contributed by atoms with Crippen molar-refractivity contribution in [2.24, 2.45) is 17.8 Å². The second kappa shape index (κ2) is 4.91. The van der Waals surface area contributed by atoms with Crippen molar-refractivity contribution in [3.63, 3.8) is 0 Å². The standard InChI is InChI=1S/C20H24O5/c1-20-6-5-9-7-11(9)12(20)4-3-10-14-15(13(8-21)25-19(14)23)18(24-2)17(22)16(10)20/h9,11-13,21-22H,3-8H2,1-2H3/t9-,11+,12-,13+,20-/m0/s1. The molecule has 1 heterocycles. The van der Waals surface area contributed by atoms with E-state index in [1.807, 2.05) is 0 Å². The van der Waals surface area contributed by atoms with Crippen molar-refractivity contribution >= 4 is 5.97 Å². The van der Waals surface area contributed by atoms with E-state index in [0.717, 1.165) is 42.2 Å². The van der Waals surface area contributed by atoms with Crippen molar-refractivity contribution in [3.8, 4) is 11.5 Å². The second-order valence-corrected chi connectivity index (χ2v) is 8.36. The second-order valence-electron chi connectivity index (χ2n) is 8.36. The lowest BCUT2D eigenvalue weighted by atomic mass is 9.57. The van der Waals surface area contributed by atoms with Gasteiger partial charge in [0, 0.05) is 5.56 Å². The van der Waals surface area contributed by atoms with E-state index in [9.17, 15) is 15.0 Å². The first-order valence-corrected chi connectivity index (χ1v) is 9.29. The van der Waals surface area contributed by atoms with Crippen molar-refractivity contribution in [2.45, 2.75) is 50.5 Å². The van der Waals surface area contributed by atoms with E-state index in [4.69, 9.17) is 9.47 Å². The van der Waals surface area contributed by atoms with Crippen LogP contribution in [0.5, 0.6) is 11.5 Å². The molecule has 0 unspecified atom stereocenters. The van der Waals surface area contributed by atoms with Crippen LogP contribution < -0.4 is 4.74 Å². The first kappa shape index (κ1) is 15.5. The summed E-state index contributed by atoms with van der Waals surface area (Å²) in [5.41, 5.74) is 2.76. The maximum absolute atomic E-state index is 12.6. The summed E-state index contributed by atoms with van der Waals surface area (Å²) < 4.78 is 10.9. The van der Waals surface area contributed by atoms with Gasteiger partial charge in [0.15, 0.2) is 17.6 Å². The van der Waals surface area contributed by atoms with E-state index in [1.165, 1.54) is 20.0 Å². The molecule has 2 saturated carbocycles. The molecule has 0 spiro atoms. The summed E-state index contributed by atoms with van der Waals surface area (Å²) in [5, 5.41) is 20.7. The monoisotopic (exact) mass is 344 g/mol. The van der Waals surface area contributed by atoms with Crippen LogP contribution in [0.1, 0.15) is 65.8 Å². The smallest absolute Gasteiger partial charge is 0.339 e. The van der Waals surface area contributed by atoms with Gasteiger partial charge in [0.05, 0.1) is 24.8 Å². The highest BCUT2D eigenvalue weighted by atomic mass is 16.6. The highest BCUT2D eigenvalue weighted by Crippen LogP contribution is 2.66. The number of aliphatic hydroxyl groups is 1. The van der Waals surface area contributed by atoms with Gasteiger partial charge in [0.25, 0.3) is 0 Å². The Labute approximate surface area is 146 Å². The van der Waals surface area contributed by atoms with Crippen LogP contribution in [0.2, 0.25) is 0 Å². The molecule has 134 valence electrons. The summed E-state index contributed by atoms with van der Waals surface area (Å²) in [7, 11) is 1.50. The Hall–Kier alpha value is -1.75. The van der Waals surface area contributed by atoms with Crippen molar-refractivity contribution < 1.29 is 24.5 Å². The summed E-state index contributed by atoms with van der Waals surface area (Å²) in [6, 6.07) is 0. The van der Waals surface area contributed by atoms with Crippen LogP contribution in [-0.4, -0.2) is 29.9 Å². The fourth-order valence-corrected chi connectivity index (χ4v) is 6.15. The molecule has 0 saturated heterocycles. The van der Waals surface area contributed by atoms with Crippen molar-refractivity contribution in [2.75, 3.05) is 13.7 Å². The minimum atomic E-state index is -0.752. The van der Waals surface area contributed by atoms with E-state index in [2.05, 4.69) is 6.92 Å². The summed E-state index contributed by atoms with van der Waals surface area (Å²) in [4.78, 5) is 12.6. The van der Waals surface area contributed by atoms with Gasteiger partial charge in [-0.1, -0.05) is 6.92 Å². The number of aliphatic hydroxyl groups excluding tert-OH is 1. The molecular formula is C20H24O5. The Morgan fingerprint density at radius 3 is 2.88 bits per heavy atom. The maximum atomic E-state index is 12.6. The molecule has 5 rings (SSSR count). The van der Waals surface area contributed by atoms with Crippen molar-refractivity contribution in [1.82, 2.24) is 0 Å². The number of carbonyl (C=O) groups excluding carboxylic acids is 1. The normalized spacial score (nSPS) is 37.5. The van der Waals surface area contributed by atoms with E-state index in [-0.39, 0.29) is 17.8 Å². The number of esters is 1. The van der Waals surface area contributed by atoms with Crippen LogP contribution in [0.3, 0.4) is 0 Å². The zero-order valence-corrected chi connectivity index (χ0v) is 14.7. The third kappa shape index (κ3) is 1.80. The number of hydrogen-bond acceptors (Lipinski definition) is 5. The number of benzene rings is 1. The molecule has 1 aromatic rings. The zero-order chi connectivity index (χ0) is 17.5. The predicted molar refractivity (Wildman–Crippen MR) is 89.9 cm³/mol. The Morgan fingerprint density at radius 2 is 2.16 bits per heavy atom. The molecule has 2 N–H and O–H groups in total. The molecule has 2 fully saturated rings. The molecule has 5 nitrogen and oxygen atoms in total. The van der Waals surface area contributed by atoms with Crippen molar-refractivity contribution in [1.29, 1.82) is 0 Å². The lowest BCUT2D eigenvalue weighted by Crippen LogP contribution is -2.41. The Bertz CT molecular complexity index is 785. The Kier molecular flexibility index (Phi) is 3.04. The minimum Gasteiger partial charge on any atom is -0.504 e. The van der Waals surface area contributed by atoms with Crippen LogP contribution in [0.25, 0.3) is 0 Å². The van der Waals surface area contributed by atoms with Crippen LogP contribution >= 0.6 is 0 Å². The molecule has 5 heteroatoms. The number of methoxy groups -OCH3 is 1. The third-order valence-corrected chi connectivity index (χ3v) is 7.34. The maximum Gasteiger partial charge on any atom is 0.339 e. The fourth-order valence-electron chi connectivity index (χ4n) is 6.15. The molecule has 25 heavy (non-hydrogen) atoms. The number of cyclic esters (lactones) is 1. The van der Waals surface area contributed by atoms with E-state index in [1.54, 1.807) is 0 Å². The lowest BCUT2D eigenvalue weighted by molar-refractivity contribution is 0.0230. The molecule has 0 aromatic heterocycles. The largest absolute Gasteiger partial charge is 0.504 e. The first-order valence-electron chi connectivity index (χ1n) is 9.29. The molecular weight excluding hydrogens is 320 g/mol. The number of rotatable bonds is 2. The Morgan fingerprint density at radius 1 is 1.36 bits per heavy atom. The summed E-state index contributed by atoms with van der Waals surface area (Å²) in [6.45, 7) is 1.94. The zero-order valence-electron chi connectivity index (χ0n) is 14.7. The first-order chi connectivity index (χ1) is 12.0. The number of hydrogen-bond donors (Lipinski definition) is 2. The SMILES string of the molecule is COc1c(O)c2c(c3c1[C@@H](CO)OC3=O)CC[C@H]1[C@@H]3C[C@@H]3CC[C@]21C. The molecule has 4 aliphatic rings. The summed E-state index contributed by atoms with van der Waals surface area (Å²) >= 11 is 0. The average molecular weight is 344 g/mol. The van der Waals surface area contributed by atoms with Gasteiger partial charge in [0.1, 0.15) is 0 Å². The number of carbonyl (C=O) groups is 1. The minimum absolute atomic E-state index is 0.116. The number of ether oxygens (including phenoxy) is 2. The third-order valence-electron chi connectivity index (χ3n) is 7.34. The van der Waals surface area contributed by atoms with Gasteiger partial charge in [-0.15, -0.1) is 0 Å². The van der Waals surface area contributed by atoms with Gasteiger partial charge < -0.3 is 19.7 Å². The molecule has 3 aliphatic carbocycles. The molecule has 1 aliphatic heterocycles. The van der Waals surface area contributed by atoms with Crippen LogP contribution in [-0.2, 0) is 16.6 Å². The topological polar surface area (TPSA) is 76.0 Å². The van der Waals surface area contributed by atoms with E-state index < -0.39 is 12.1 Å². The average Bonchev–Trinajstić information content (AvgIpc) is 3.30. The highest BCUT2D eigenvalue weighted by molar-refractivity contribution is 5.98. The number of aromatic hydroxyl groups is 1. The summed E-state index contributed by atoms with van der Waals surface area (Å²) in [6.07, 6.45) is 4.64. The van der Waals surface area contributed by atoms with Gasteiger partial charge in [-0.3, -0.25) is 0 Å². The van der Waals surface area contributed by atoms with Crippen LogP contribution in [0, 0.1) is 17.8 Å². The van der Waals surface area contributed by atoms with E-state index in [0.29, 0.717) is 22.8 Å². The predicted octanol–water partition coefficient (Wildman–Crippen LogP) is 2.85. The molecule has 0 bridgehead atoms. The molecule has 5 atom stereocenters. The lowest BCUT2D eigenvalue weighted by Gasteiger charge is -2.47. The van der Waals surface area contributed by atoms with Crippen LogP contribution in [0.15, 0.2) is 0 Å². The van der Waals surface area contributed by atoms with E-state index >= 15 is 0 Å². The Balaban J connectivity index is 1.78. The number of fused-ring (bicyclic) bond motifs is 7. The van der Waals surface area contributed by atoms with Gasteiger partial charge in [-0.25, -0.2) is 4.79 Å². The quantitative estimate of drug-likeness (QED) is 0.807. The van der Waals surface area contributed by atoms with Gasteiger partial charge in [-0.2, -0.15) is 0 Å². The highest BCUT2D eigenvalue weighted by Gasteiger charge is 2.58. The molecule has 1 aromatic carbocycles. The summed E-state index contributed by atoms with van der Waals surface area (Å²) in [5.74, 6) is 2.26. The fraction of sp³-hybridized carbons (Fsp3) is 0.650. The van der Waals surface area contributed by atoms with Crippen LogP contribution in [0.4, 0.5) is 0 Å². The van der Waals surface area contributed by atoms with Crippen molar-refractivity contribution in [3.05, 3.63) is 22.3 Å². The number of phenolic OH excluding ortho intramolecular Hbond substituents is 1. The van der Waals surface area contributed by atoms with Gasteiger partial charge >= 0.3 is 5.97 Å². The molecule has 0 amide bonds. The number of phenols is 1. The van der Waals surface area contributed by atoms with Gasteiger partial charge in [-0.05, 0) is 60.8 Å². The molecule has 0 radical (unpaired) electrons. The van der Waals surface area contributed by atoms with Gasteiger partial charge in [0.2, 0.25) is 0 Å².